The first-order valence-corrected chi connectivity index (χ1v) is 4.28. The molecule has 0 amide bonds. The quantitative estimate of drug-likeness (QED) is 0.645. The van der Waals surface area contributed by atoms with Crippen molar-refractivity contribution < 1.29 is 4.48 Å². The molecule has 0 aliphatic rings. The number of rotatable bonds is 2. The van der Waals surface area contributed by atoms with E-state index in [-0.39, 0.29) is 37.1 Å². The second-order valence-electron chi connectivity index (χ2n) is 4.00. The minimum Gasteiger partial charge on any atom is -0.331 e. The number of nitrogens with zero attached hydrogens (tertiary/aromatic N) is 2. The second kappa shape index (κ2) is 24.2. The third-order valence-corrected chi connectivity index (χ3v) is 1.58. The van der Waals surface area contributed by atoms with Gasteiger partial charge >= 0.3 is 0 Å². The maximum absolute atomic E-state index is 2.18. The summed E-state index contributed by atoms with van der Waals surface area (Å²) in [4.78, 5) is 2.12. The molecule has 0 N–H and O–H groups in total. The molecule has 0 aromatic heterocycles. The standard InChI is InChI=1S/C5H14N.C4H11N.5CH4/c1-5-6(2,3)4;1-4-5(2)3;;;;;/h5H2,1-4H3;4H2,1-3H3;5*1H4/q+1;;;;;;. The summed E-state index contributed by atoms with van der Waals surface area (Å²) < 4.78 is 1.07. The molecule has 0 aromatic rings. The molecule has 110 valence electrons. The van der Waals surface area contributed by atoms with E-state index in [4.69, 9.17) is 0 Å². The molecule has 0 aliphatic carbocycles. The molecule has 0 spiro atoms. The van der Waals surface area contributed by atoms with Gasteiger partial charge in [0.2, 0.25) is 0 Å². The van der Waals surface area contributed by atoms with Crippen molar-refractivity contribution in [3.63, 3.8) is 0 Å². The summed E-state index contributed by atoms with van der Waals surface area (Å²) in [5.41, 5.74) is 0. The van der Waals surface area contributed by atoms with Crippen molar-refractivity contribution in [3.8, 4) is 0 Å². The Morgan fingerprint density at radius 1 is 0.750 bits per heavy atom. The van der Waals surface area contributed by atoms with Gasteiger partial charge in [0.15, 0.2) is 0 Å². The Labute approximate surface area is 109 Å². The zero-order valence-corrected chi connectivity index (χ0v) is 9.31. The van der Waals surface area contributed by atoms with Crippen molar-refractivity contribution in [2.24, 2.45) is 0 Å². The molecule has 0 saturated heterocycles. The van der Waals surface area contributed by atoms with Crippen LogP contribution in [0.5, 0.6) is 0 Å². The van der Waals surface area contributed by atoms with Gasteiger partial charge in [0.05, 0.1) is 27.7 Å². The van der Waals surface area contributed by atoms with E-state index in [9.17, 15) is 0 Å². The summed E-state index contributed by atoms with van der Waals surface area (Å²) in [5, 5.41) is 0. The van der Waals surface area contributed by atoms with Crippen LogP contribution in [0.25, 0.3) is 0 Å². The highest BCUT2D eigenvalue weighted by molar-refractivity contribution is 4.25. The van der Waals surface area contributed by atoms with Gasteiger partial charge in [-0.25, -0.2) is 0 Å². The number of hydrogen-bond donors (Lipinski definition) is 0. The molecule has 2 heteroatoms. The van der Waals surface area contributed by atoms with Gasteiger partial charge in [0.25, 0.3) is 0 Å². The largest absolute Gasteiger partial charge is 0.331 e. The van der Waals surface area contributed by atoms with Crippen molar-refractivity contribution in [2.45, 2.75) is 51.0 Å². The number of quaternary nitrogens is 1. The third kappa shape index (κ3) is 96.0. The van der Waals surface area contributed by atoms with E-state index in [1.165, 1.54) is 6.54 Å². The zero-order chi connectivity index (χ0) is 9.49. The average molecular weight is 242 g/mol. The lowest BCUT2D eigenvalue weighted by molar-refractivity contribution is -0.868. The Hall–Kier alpha value is -0.0800. The molecule has 2 nitrogen and oxygen atoms in total. The van der Waals surface area contributed by atoms with Gasteiger partial charge in [0.1, 0.15) is 0 Å². The molecule has 0 heterocycles. The van der Waals surface area contributed by atoms with E-state index in [0.29, 0.717) is 0 Å². The van der Waals surface area contributed by atoms with Crippen LogP contribution in [-0.4, -0.2) is 57.7 Å². The average Bonchev–Trinajstić information content (AvgIpc) is 1.88. The maximum atomic E-state index is 2.18. The monoisotopic (exact) mass is 241 g/mol. The van der Waals surface area contributed by atoms with Crippen LogP contribution in [0, 0.1) is 0 Å². The maximum Gasteiger partial charge on any atom is 0.0751 e. The van der Waals surface area contributed by atoms with E-state index in [2.05, 4.69) is 54.0 Å². The molecule has 0 atom stereocenters. The molecule has 0 rings (SSSR count). The van der Waals surface area contributed by atoms with Crippen LogP contribution in [0.2, 0.25) is 0 Å². The fraction of sp³-hybridized carbons (Fsp3) is 1.00. The Kier molecular flexibility index (Phi) is 67.5. The summed E-state index contributed by atoms with van der Waals surface area (Å²) in [7, 11) is 10.7. The summed E-state index contributed by atoms with van der Waals surface area (Å²) >= 11 is 0. The first-order valence-electron chi connectivity index (χ1n) is 4.28. The molecular weight excluding hydrogens is 196 g/mol. The van der Waals surface area contributed by atoms with Gasteiger partial charge in [-0.3, -0.25) is 0 Å². The molecule has 0 fully saturated rings. The topological polar surface area (TPSA) is 3.24 Å². The van der Waals surface area contributed by atoms with Gasteiger partial charge in [0, 0.05) is 0 Å². The summed E-state index contributed by atoms with van der Waals surface area (Å²) in [6.07, 6.45) is 0. The minimum atomic E-state index is 0. The fourth-order valence-electron chi connectivity index (χ4n) is 0. The summed E-state index contributed by atoms with van der Waals surface area (Å²) in [6.45, 7) is 6.65. The first kappa shape index (κ1) is 44.5. The van der Waals surface area contributed by atoms with Gasteiger partial charge in [-0.05, 0) is 27.6 Å². The molecule has 0 aromatic carbocycles. The van der Waals surface area contributed by atoms with Crippen molar-refractivity contribution in [2.75, 3.05) is 48.3 Å². The van der Waals surface area contributed by atoms with Gasteiger partial charge in [-0.1, -0.05) is 44.1 Å². The SMILES string of the molecule is C.C.C.C.C.CCN(C)C.CC[N+](C)(C)C. The smallest absolute Gasteiger partial charge is 0.0751 e. The normalized spacial score (nSPS) is 7.50. The minimum absolute atomic E-state index is 0. The lowest BCUT2D eigenvalue weighted by atomic mass is 10.6. The van der Waals surface area contributed by atoms with Crippen molar-refractivity contribution in [1.29, 1.82) is 0 Å². The molecule has 0 bridgehead atoms. The van der Waals surface area contributed by atoms with Crippen LogP contribution >= 0.6 is 0 Å². The van der Waals surface area contributed by atoms with Crippen LogP contribution < -0.4 is 0 Å². The van der Waals surface area contributed by atoms with Crippen molar-refractivity contribution in [1.82, 2.24) is 4.90 Å². The van der Waals surface area contributed by atoms with Crippen LogP contribution in [0.3, 0.4) is 0 Å². The van der Waals surface area contributed by atoms with Crippen LogP contribution in [-0.2, 0) is 0 Å². The highest BCUT2D eigenvalue weighted by Crippen LogP contribution is 1.83. The Morgan fingerprint density at radius 3 is 0.875 bits per heavy atom. The lowest BCUT2D eigenvalue weighted by Gasteiger charge is -2.20. The molecule has 16 heavy (non-hydrogen) atoms. The third-order valence-electron chi connectivity index (χ3n) is 1.58. The van der Waals surface area contributed by atoms with Crippen LogP contribution in [0.4, 0.5) is 0 Å². The van der Waals surface area contributed by atoms with E-state index in [1.807, 2.05) is 0 Å². The highest BCUT2D eigenvalue weighted by Gasteiger charge is 1.97. The Morgan fingerprint density at radius 2 is 0.875 bits per heavy atom. The van der Waals surface area contributed by atoms with E-state index >= 15 is 0 Å². The number of hydrogen-bond acceptors (Lipinski definition) is 1. The summed E-state index contributed by atoms with van der Waals surface area (Å²) in [5.74, 6) is 0. The first-order chi connectivity index (χ1) is 4.83. The predicted octanol–water partition coefficient (Wildman–Crippen LogP) is 4.46. The lowest BCUT2D eigenvalue weighted by Crippen LogP contribution is -2.33. The van der Waals surface area contributed by atoms with Crippen LogP contribution in [0.15, 0.2) is 0 Å². The molecular formula is C14H45N2+. The molecule has 0 aliphatic heterocycles. The van der Waals surface area contributed by atoms with Crippen LogP contribution in [0.1, 0.15) is 51.0 Å². The van der Waals surface area contributed by atoms with Crippen molar-refractivity contribution >= 4 is 0 Å². The molecule has 0 saturated carbocycles. The zero-order valence-electron chi connectivity index (χ0n) is 9.31. The summed E-state index contributed by atoms with van der Waals surface area (Å²) in [6, 6.07) is 0. The van der Waals surface area contributed by atoms with E-state index in [0.717, 1.165) is 11.0 Å². The Balaban J connectivity index is -0.0000000155. The molecule has 0 unspecified atom stereocenters. The fourth-order valence-corrected chi connectivity index (χ4v) is 0. The van der Waals surface area contributed by atoms with E-state index < -0.39 is 0 Å². The highest BCUT2D eigenvalue weighted by atomic mass is 15.3. The van der Waals surface area contributed by atoms with Gasteiger partial charge in [-0.2, -0.15) is 0 Å². The molecule has 0 radical (unpaired) electrons. The second-order valence-corrected chi connectivity index (χ2v) is 4.00. The van der Waals surface area contributed by atoms with Gasteiger partial charge < -0.3 is 9.38 Å². The van der Waals surface area contributed by atoms with E-state index in [1.54, 1.807) is 0 Å². The predicted molar refractivity (Wildman–Crippen MR) is 86.5 cm³/mol. The Bertz CT molecular complexity index is 73.3. The van der Waals surface area contributed by atoms with Crippen molar-refractivity contribution in [3.05, 3.63) is 0 Å². The van der Waals surface area contributed by atoms with Gasteiger partial charge in [-0.15, -0.1) is 0 Å².